The molecule has 0 fully saturated rings. The highest BCUT2D eigenvalue weighted by Crippen LogP contribution is 2.21. The third-order valence-electron chi connectivity index (χ3n) is 4.38. The topological polar surface area (TPSA) is 131 Å². The summed E-state index contributed by atoms with van der Waals surface area (Å²) in [7, 11) is 0. The number of rotatable bonds is 8. The molecule has 3 amide bonds. The maximum Gasteiger partial charge on any atom is 0.243 e. The Hall–Kier alpha value is -3.73. The van der Waals surface area contributed by atoms with Crippen LogP contribution in [0.1, 0.15) is 18.1 Å². The molecule has 0 aliphatic rings. The van der Waals surface area contributed by atoms with Crippen LogP contribution in [0.5, 0.6) is 0 Å². The highest BCUT2D eigenvalue weighted by Gasteiger charge is 2.13. The average Bonchev–Trinajstić information content (AvgIpc) is 3.22. The van der Waals surface area contributed by atoms with Crippen molar-refractivity contribution in [1.29, 1.82) is 0 Å². The number of tetrazole rings is 1. The number of benzene rings is 2. The highest BCUT2D eigenvalue weighted by molar-refractivity contribution is 7.99. The van der Waals surface area contributed by atoms with E-state index in [0.717, 1.165) is 28.6 Å². The SMILES string of the molecule is CC(=O)Nc1cccc(-n2nnnc2SCC(=O)NCC(=O)Nc2c(C)cccc2C)c1. The van der Waals surface area contributed by atoms with E-state index in [4.69, 9.17) is 0 Å². The number of carbonyl (C=O) groups is 3. The lowest BCUT2D eigenvalue weighted by Gasteiger charge is -2.12. The van der Waals surface area contributed by atoms with Crippen molar-refractivity contribution in [2.75, 3.05) is 22.9 Å². The number of carbonyl (C=O) groups excluding carboxylic acids is 3. The Kier molecular flexibility index (Phi) is 7.55. The van der Waals surface area contributed by atoms with Crippen LogP contribution in [0.2, 0.25) is 0 Å². The summed E-state index contributed by atoms with van der Waals surface area (Å²) in [6.07, 6.45) is 0. The van der Waals surface area contributed by atoms with Crippen LogP contribution in [0.25, 0.3) is 5.69 Å². The van der Waals surface area contributed by atoms with Crippen LogP contribution in [0, 0.1) is 13.8 Å². The molecule has 2 aromatic carbocycles. The van der Waals surface area contributed by atoms with Crippen molar-refractivity contribution in [2.45, 2.75) is 25.9 Å². The van der Waals surface area contributed by atoms with Crippen LogP contribution in [0.3, 0.4) is 0 Å². The summed E-state index contributed by atoms with van der Waals surface area (Å²) in [6.45, 7) is 5.10. The van der Waals surface area contributed by atoms with Gasteiger partial charge >= 0.3 is 0 Å². The summed E-state index contributed by atoms with van der Waals surface area (Å²) < 4.78 is 1.47. The van der Waals surface area contributed by atoms with Gasteiger partial charge in [-0.1, -0.05) is 36.0 Å². The first-order valence-corrected chi connectivity index (χ1v) is 10.7. The largest absolute Gasteiger partial charge is 0.346 e. The molecule has 0 bridgehead atoms. The van der Waals surface area contributed by atoms with Crippen molar-refractivity contribution >= 4 is 40.9 Å². The minimum atomic E-state index is -0.326. The van der Waals surface area contributed by atoms with E-state index >= 15 is 0 Å². The second-order valence-electron chi connectivity index (χ2n) is 6.99. The molecule has 32 heavy (non-hydrogen) atoms. The number of aryl methyl sites for hydroxylation is 2. The molecular formula is C21H23N7O3S. The number of anilines is 2. The molecule has 3 aromatic rings. The zero-order valence-corrected chi connectivity index (χ0v) is 18.7. The number of hydrogen-bond acceptors (Lipinski definition) is 7. The summed E-state index contributed by atoms with van der Waals surface area (Å²) in [6, 6.07) is 12.8. The second kappa shape index (κ2) is 10.5. The summed E-state index contributed by atoms with van der Waals surface area (Å²) in [5.74, 6) is -0.789. The fraction of sp³-hybridized carbons (Fsp3) is 0.238. The van der Waals surface area contributed by atoms with Gasteiger partial charge in [0.25, 0.3) is 0 Å². The minimum Gasteiger partial charge on any atom is -0.346 e. The minimum absolute atomic E-state index is 0.0302. The molecule has 0 radical (unpaired) electrons. The van der Waals surface area contributed by atoms with E-state index in [9.17, 15) is 14.4 Å². The number of thioether (sulfide) groups is 1. The summed E-state index contributed by atoms with van der Waals surface area (Å²) in [5, 5.41) is 20.1. The van der Waals surface area contributed by atoms with Crippen LogP contribution in [-0.2, 0) is 14.4 Å². The fourth-order valence-corrected chi connectivity index (χ4v) is 3.63. The lowest BCUT2D eigenvalue weighted by molar-refractivity contribution is -0.122. The molecule has 0 aliphatic heterocycles. The molecule has 0 saturated heterocycles. The van der Waals surface area contributed by atoms with Gasteiger partial charge in [0.05, 0.1) is 18.0 Å². The highest BCUT2D eigenvalue weighted by atomic mass is 32.2. The van der Waals surface area contributed by atoms with Crippen molar-refractivity contribution in [3.05, 3.63) is 53.6 Å². The first-order chi connectivity index (χ1) is 15.3. The van der Waals surface area contributed by atoms with Crippen molar-refractivity contribution in [2.24, 2.45) is 0 Å². The molecule has 3 N–H and O–H groups in total. The quantitative estimate of drug-likeness (QED) is 0.445. The first kappa shape index (κ1) is 22.9. The predicted molar refractivity (Wildman–Crippen MR) is 122 cm³/mol. The van der Waals surface area contributed by atoms with Crippen LogP contribution in [0.4, 0.5) is 11.4 Å². The molecule has 0 spiro atoms. The van der Waals surface area contributed by atoms with Crippen LogP contribution in [0.15, 0.2) is 47.6 Å². The predicted octanol–water partition coefficient (Wildman–Crippen LogP) is 2.08. The van der Waals surface area contributed by atoms with Gasteiger partial charge in [-0.3, -0.25) is 14.4 Å². The van der Waals surface area contributed by atoms with Crippen LogP contribution in [-0.4, -0.2) is 50.2 Å². The van der Waals surface area contributed by atoms with E-state index in [0.29, 0.717) is 16.5 Å². The van der Waals surface area contributed by atoms with Crippen LogP contribution >= 0.6 is 11.8 Å². The number of hydrogen-bond donors (Lipinski definition) is 3. The maximum absolute atomic E-state index is 12.2. The van der Waals surface area contributed by atoms with Crippen molar-refractivity contribution in [3.8, 4) is 5.69 Å². The zero-order chi connectivity index (χ0) is 23.1. The molecule has 0 atom stereocenters. The first-order valence-electron chi connectivity index (χ1n) is 9.75. The number of nitrogens with zero attached hydrogens (tertiary/aromatic N) is 4. The van der Waals surface area contributed by atoms with Gasteiger partial charge in [0.2, 0.25) is 22.9 Å². The zero-order valence-electron chi connectivity index (χ0n) is 17.9. The van der Waals surface area contributed by atoms with Crippen LogP contribution < -0.4 is 16.0 Å². The van der Waals surface area contributed by atoms with E-state index in [1.807, 2.05) is 32.0 Å². The van der Waals surface area contributed by atoms with Gasteiger partial charge in [0, 0.05) is 18.3 Å². The van der Waals surface area contributed by atoms with Gasteiger partial charge in [-0.2, -0.15) is 4.68 Å². The Morgan fingerprint density at radius 3 is 2.44 bits per heavy atom. The molecule has 11 heteroatoms. The average molecular weight is 454 g/mol. The fourth-order valence-electron chi connectivity index (χ4n) is 2.90. The Morgan fingerprint density at radius 2 is 1.72 bits per heavy atom. The molecule has 166 valence electrons. The van der Waals surface area contributed by atoms with Gasteiger partial charge in [-0.25, -0.2) is 0 Å². The van der Waals surface area contributed by atoms with E-state index in [1.165, 1.54) is 11.6 Å². The van der Waals surface area contributed by atoms with Gasteiger partial charge in [-0.05, 0) is 53.6 Å². The third kappa shape index (κ3) is 6.14. The Bertz CT molecular complexity index is 1130. The van der Waals surface area contributed by atoms with E-state index in [2.05, 4.69) is 31.5 Å². The van der Waals surface area contributed by atoms with Crippen molar-refractivity contribution in [3.63, 3.8) is 0 Å². The monoisotopic (exact) mass is 453 g/mol. The Balaban J connectivity index is 1.53. The third-order valence-corrected chi connectivity index (χ3v) is 5.30. The molecule has 0 saturated carbocycles. The molecule has 3 rings (SSSR count). The van der Waals surface area contributed by atoms with Gasteiger partial charge in [-0.15, -0.1) is 5.10 Å². The lowest BCUT2D eigenvalue weighted by Crippen LogP contribution is -2.34. The number of para-hydroxylation sites is 1. The molecule has 0 unspecified atom stereocenters. The van der Waals surface area contributed by atoms with Gasteiger partial charge < -0.3 is 16.0 Å². The van der Waals surface area contributed by atoms with Crippen molar-refractivity contribution < 1.29 is 14.4 Å². The molecule has 10 nitrogen and oxygen atoms in total. The Morgan fingerprint density at radius 1 is 1.00 bits per heavy atom. The second-order valence-corrected chi connectivity index (χ2v) is 7.93. The lowest BCUT2D eigenvalue weighted by atomic mass is 10.1. The maximum atomic E-state index is 12.2. The van der Waals surface area contributed by atoms with E-state index < -0.39 is 0 Å². The normalized spacial score (nSPS) is 10.5. The summed E-state index contributed by atoms with van der Waals surface area (Å²) in [4.78, 5) is 35.7. The molecule has 1 heterocycles. The Labute approximate surface area is 189 Å². The van der Waals surface area contributed by atoms with E-state index in [1.54, 1.807) is 24.3 Å². The number of aromatic nitrogens is 4. The summed E-state index contributed by atoms with van der Waals surface area (Å²) in [5.41, 5.74) is 3.90. The molecule has 1 aromatic heterocycles. The summed E-state index contributed by atoms with van der Waals surface area (Å²) >= 11 is 1.13. The number of nitrogens with one attached hydrogen (secondary N) is 3. The smallest absolute Gasteiger partial charge is 0.243 e. The van der Waals surface area contributed by atoms with E-state index in [-0.39, 0.29) is 30.0 Å². The molecule has 0 aliphatic carbocycles. The standard InChI is InChI=1S/C21H23N7O3S/c1-13-6-4-7-14(2)20(13)24-18(30)11-22-19(31)12-32-21-25-26-27-28(21)17-9-5-8-16(10-17)23-15(3)29/h4-10H,11-12H2,1-3H3,(H,22,31)(H,23,29)(H,24,30). The van der Waals surface area contributed by atoms with Crippen molar-refractivity contribution in [1.82, 2.24) is 25.5 Å². The van der Waals surface area contributed by atoms with Gasteiger partial charge in [0.1, 0.15) is 0 Å². The molecular weight excluding hydrogens is 430 g/mol. The van der Waals surface area contributed by atoms with Gasteiger partial charge in [0.15, 0.2) is 0 Å². The number of amides is 3.